The summed E-state index contributed by atoms with van der Waals surface area (Å²) < 4.78 is 1.41. The number of hydrazone groups is 1. The third-order valence-corrected chi connectivity index (χ3v) is 7.40. The van der Waals surface area contributed by atoms with Gasteiger partial charge in [0.05, 0.1) is 17.9 Å². The molecule has 162 valence electrons. The second-order valence-electron chi connectivity index (χ2n) is 8.47. The van der Waals surface area contributed by atoms with Crippen LogP contribution in [0.2, 0.25) is 0 Å². The lowest BCUT2D eigenvalue weighted by atomic mass is 9.89. The van der Waals surface area contributed by atoms with Gasteiger partial charge in [-0.15, -0.1) is 11.3 Å². The predicted molar refractivity (Wildman–Crippen MR) is 129 cm³/mol. The van der Waals surface area contributed by atoms with Crippen LogP contribution in [0.3, 0.4) is 0 Å². The summed E-state index contributed by atoms with van der Waals surface area (Å²) in [6.45, 7) is 3.93. The highest BCUT2D eigenvalue weighted by Gasteiger charge is 2.25. The van der Waals surface area contributed by atoms with Crippen molar-refractivity contribution in [1.82, 2.24) is 15.0 Å². The van der Waals surface area contributed by atoms with Gasteiger partial charge in [0, 0.05) is 10.4 Å². The molecular formula is C25H24N4O2S. The molecule has 2 atom stereocenters. The fourth-order valence-corrected chi connectivity index (χ4v) is 5.71. The van der Waals surface area contributed by atoms with Crippen molar-refractivity contribution in [3.8, 4) is 0 Å². The number of rotatable bonds is 4. The third kappa shape index (κ3) is 3.62. The molecule has 0 aliphatic heterocycles. The molecule has 0 saturated carbocycles. The first-order valence-corrected chi connectivity index (χ1v) is 11.7. The van der Waals surface area contributed by atoms with Crippen LogP contribution in [0, 0.1) is 5.92 Å². The summed E-state index contributed by atoms with van der Waals surface area (Å²) in [4.78, 5) is 32.5. The van der Waals surface area contributed by atoms with Gasteiger partial charge in [-0.25, -0.2) is 10.4 Å². The van der Waals surface area contributed by atoms with Crippen molar-refractivity contribution in [2.75, 3.05) is 0 Å². The van der Waals surface area contributed by atoms with Gasteiger partial charge >= 0.3 is 0 Å². The number of nitrogens with one attached hydrogen (secondary N) is 1. The summed E-state index contributed by atoms with van der Waals surface area (Å²) in [7, 11) is 0. The highest BCUT2D eigenvalue weighted by molar-refractivity contribution is 7.18. The maximum Gasteiger partial charge on any atom is 0.263 e. The molecule has 6 nitrogen and oxygen atoms in total. The van der Waals surface area contributed by atoms with Crippen LogP contribution < -0.4 is 11.0 Å². The smallest absolute Gasteiger partial charge is 0.263 e. The van der Waals surface area contributed by atoms with Crippen molar-refractivity contribution >= 4 is 44.4 Å². The molecule has 2 heterocycles. The summed E-state index contributed by atoms with van der Waals surface area (Å²) in [6, 6.07) is 13.2. The Hall–Kier alpha value is -3.32. The quantitative estimate of drug-likeness (QED) is 0.373. The van der Waals surface area contributed by atoms with Gasteiger partial charge in [-0.1, -0.05) is 49.4 Å². The average Bonchev–Trinajstić information content (AvgIpc) is 3.17. The van der Waals surface area contributed by atoms with Crippen molar-refractivity contribution < 1.29 is 4.79 Å². The van der Waals surface area contributed by atoms with Crippen LogP contribution in [0.1, 0.15) is 42.3 Å². The fourth-order valence-electron chi connectivity index (χ4n) is 4.37. The van der Waals surface area contributed by atoms with E-state index in [4.69, 9.17) is 0 Å². The fraction of sp³-hybridized carbons (Fsp3) is 0.280. The minimum absolute atomic E-state index is 0.150. The summed E-state index contributed by atoms with van der Waals surface area (Å²) >= 11 is 1.61. The standard InChI is InChI=1S/C25H24N4O2S/c1-15-10-11-20-21(12-15)32-24-22(20)25(31)29(14-26-24)16(2)23(30)28-27-13-18-8-5-7-17-6-3-4-9-19(17)18/h3-9,13-16H,10-12H2,1-2H3,(H,28,30)/b27-13+. The number of hydrogen-bond acceptors (Lipinski definition) is 5. The van der Waals surface area contributed by atoms with Gasteiger partial charge < -0.3 is 0 Å². The number of hydrogen-bond donors (Lipinski definition) is 1. The zero-order valence-electron chi connectivity index (χ0n) is 18.0. The second kappa shape index (κ2) is 8.31. The first-order valence-electron chi connectivity index (χ1n) is 10.8. The van der Waals surface area contributed by atoms with Gasteiger partial charge in [0.1, 0.15) is 10.9 Å². The summed E-state index contributed by atoms with van der Waals surface area (Å²) in [5.41, 5.74) is 4.46. The maximum absolute atomic E-state index is 13.2. The number of thiophene rings is 1. The maximum atomic E-state index is 13.2. The molecule has 7 heteroatoms. The van der Waals surface area contributed by atoms with Crippen LogP contribution in [0.4, 0.5) is 0 Å². The lowest BCUT2D eigenvalue weighted by Gasteiger charge is -2.18. The highest BCUT2D eigenvalue weighted by Crippen LogP contribution is 2.35. The Morgan fingerprint density at radius 2 is 2.09 bits per heavy atom. The highest BCUT2D eigenvalue weighted by atomic mass is 32.1. The molecule has 0 saturated heterocycles. The van der Waals surface area contributed by atoms with Crippen LogP contribution in [-0.4, -0.2) is 21.7 Å². The SMILES string of the molecule is CC1CCc2c(sc3ncn(C(C)C(=O)N/N=C/c4cccc5ccccc45)c(=O)c23)C1. The molecule has 2 aromatic carbocycles. The largest absolute Gasteiger partial charge is 0.286 e. The molecule has 0 fully saturated rings. The molecule has 2 aromatic heterocycles. The summed E-state index contributed by atoms with van der Waals surface area (Å²) in [5.74, 6) is 0.268. The zero-order chi connectivity index (χ0) is 22.2. The summed E-state index contributed by atoms with van der Waals surface area (Å²) in [6.07, 6.45) is 6.08. The number of carbonyl (C=O) groups is 1. The number of fused-ring (bicyclic) bond motifs is 4. The summed E-state index contributed by atoms with van der Waals surface area (Å²) in [5, 5.41) is 6.99. The molecular weight excluding hydrogens is 420 g/mol. The number of nitrogens with zero attached hydrogens (tertiary/aromatic N) is 3. The van der Waals surface area contributed by atoms with E-state index in [1.807, 2.05) is 42.5 Å². The van der Waals surface area contributed by atoms with Crippen molar-refractivity contribution in [1.29, 1.82) is 0 Å². The number of aromatic nitrogens is 2. The number of amides is 1. The molecule has 1 aliphatic carbocycles. The molecule has 0 spiro atoms. The Bertz CT molecular complexity index is 1410. The predicted octanol–water partition coefficient (Wildman–Crippen LogP) is 4.45. The second-order valence-corrected chi connectivity index (χ2v) is 9.55. The van der Waals surface area contributed by atoms with Crippen LogP contribution >= 0.6 is 11.3 Å². The van der Waals surface area contributed by atoms with Crippen LogP contribution in [-0.2, 0) is 17.6 Å². The van der Waals surface area contributed by atoms with E-state index in [-0.39, 0.29) is 11.5 Å². The van der Waals surface area contributed by atoms with Crippen molar-refractivity contribution in [3.63, 3.8) is 0 Å². The molecule has 2 unspecified atom stereocenters. The first kappa shape index (κ1) is 20.6. The van der Waals surface area contributed by atoms with Crippen molar-refractivity contribution in [3.05, 3.63) is 75.1 Å². The molecule has 5 rings (SSSR count). The van der Waals surface area contributed by atoms with Crippen LogP contribution in [0.15, 0.2) is 58.7 Å². The molecule has 1 aliphatic rings. The lowest BCUT2D eigenvalue weighted by molar-refractivity contribution is -0.123. The Kier molecular flexibility index (Phi) is 5.35. The van der Waals surface area contributed by atoms with E-state index in [0.29, 0.717) is 11.3 Å². The van der Waals surface area contributed by atoms with E-state index in [1.165, 1.54) is 15.8 Å². The van der Waals surface area contributed by atoms with Crippen LogP contribution in [0.5, 0.6) is 0 Å². The lowest BCUT2D eigenvalue weighted by Crippen LogP contribution is -2.34. The van der Waals surface area contributed by atoms with Crippen molar-refractivity contribution in [2.45, 2.75) is 39.2 Å². The molecule has 0 radical (unpaired) electrons. The molecule has 1 N–H and O–H groups in total. The monoisotopic (exact) mass is 444 g/mol. The van der Waals surface area contributed by atoms with E-state index in [9.17, 15) is 9.59 Å². The minimum atomic E-state index is -0.720. The Labute approximate surface area is 189 Å². The number of aryl methyl sites for hydroxylation is 1. The normalized spacial score (nSPS) is 17.0. The van der Waals surface area contributed by atoms with E-state index in [1.54, 1.807) is 24.5 Å². The molecule has 32 heavy (non-hydrogen) atoms. The van der Waals surface area contributed by atoms with E-state index >= 15 is 0 Å². The van der Waals surface area contributed by atoms with Gasteiger partial charge in [0.2, 0.25) is 0 Å². The van der Waals surface area contributed by atoms with Crippen LogP contribution in [0.25, 0.3) is 21.0 Å². The topological polar surface area (TPSA) is 76.3 Å². The van der Waals surface area contributed by atoms with Gasteiger partial charge in [-0.3, -0.25) is 14.2 Å². The third-order valence-electron chi connectivity index (χ3n) is 6.24. The Balaban J connectivity index is 1.38. The zero-order valence-corrected chi connectivity index (χ0v) is 18.9. The van der Waals surface area contributed by atoms with E-state index in [2.05, 4.69) is 22.4 Å². The molecule has 0 bridgehead atoms. The van der Waals surface area contributed by atoms with Gasteiger partial charge in [0.25, 0.3) is 11.5 Å². The Morgan fingerprint density at radius 3 is 2.97 bits per heavy atom. The molecule has 4 aromatic rings. The van der Waals surface area contributed by atoms with Gasteiger partial charge in [-0.05, 0) is 48.4 Å². The first-order chi connectivity index (χ1) is 15.5. The van der Waals surface area contributed by atoms with Gasteiger partial charge in [0.15, 0.2) is 0 Å². The number of benzene rings is 2. The Morgan fingerprint density at radius 1 is 1.28 bits per heavy atom. The van der Waals surface area contributed by atoms with E-state index in [0.717, 1.165) is 46.0 Å². The number of carbonyl (C=O) groups excluding carboxylic acids is 1. The average molecular weight is 445 g/mol. The van der Waals surface area contributed by atoms with Gasteiger partial charge in [-0.2, -0.15) is 5.10 Å². The molecule has 1 amide bonds. The minimum Gasteiger partial charge on any atom is -0.286 e. The van der Waals surface area contributed by atoms with Crippen molar-refractivity contribution in [2.24, 2.45) is 11.0 Å². The van der Waals surface area contributed by atoms with E-state index < -0.39 is 6.04 Å².